The third-order valence-corrected chi connectivity index (χ3v) is 3.99. The quantitative estimate of drug-likeness (QED) is 0.549. The highest BCUT2D eigenvalue weighted by molar-refractivity contribution is 5.83. The lowest BCUT2D eigenvalue weighted by molar-refractivity contribution is 0.306. The first-order chi connectivity index (χ1) is 12.8. The summed E-state index contributed by atoms with van der Waals surface area (Å²) in [6, 6.07) is 23.4. The topological polar surface area (TPSA) is 73.7 Å². The van der Waals surface area contributed by atoms with E-state index in [4.69, 9.17) is 4.74 Å². The van der Waals surface area contributed by atoms with Crippen LogP contribution in [-0.2, 0) is 6.61 Å². The minimum Gasteiger partial charge on any atom is -0.489 e. The molecular weight excluding hydrogens is 324 g/mol. The predicted molar refractivity (Wildman–Crippen MR) is 101 cm³/mol. The normalized spacial score (nSPS) is 10.4. The van der Waals surface area contributed by atoms with Gasteiger partial charge in [0.2, 0.25) is 0 Å². The zero-order valence-corrected chi connectivity index (χ0v) is 13.9. The number of hydrogen-bond donors (Lipinski definition) is 2. The summed E-state index contributed by atoms with van der Waals surface area (Å²) in [5.41, 5.74) is 3.29. The van der Waals surface area contributed by atoms with Crippen LogP contribution in [0.5, 0.6) is 5.75 Å². The summed E-state index contributed by atoms with van der Waals surface area (Å²) in [4.78, 5) is 7.49. The van der Waals surface area contributed by atoms with Crippen molar-refractivity contribution in [2.24, 2.45) is 0 Å². The minimum atomic E-state index is 0.305. The van der Waals surface area contributed by atoms with Crippen LogP contribution in [0.4, 0.5) is 11.5 Å². The lowest BCUT2D eigenvalue weighted by Crippen LogP contribution is -2.00. The Morgan fingerprint density at radius 2 is 1.92 bits per heavy atom. The molecule has 0 bridgehead atoms. The van der Waals surface area contributed by atoms with E-state index in [1.54, 1.807) is 12.1 Å². The largest absolute Gasteiger partial charge is 0.489 e. The van der Waals surface area contributed by atoms with Gasteiger partial charge in [-0.2, -0.15) is 5.26 Å². The Labute approximate surface area is 150 Å². The molecule has 5 nitrogen and oxygen atoms in total. The van der Waals surface area contributed by atoms with Crippen LogP contribution in [0.1, 0.15) is 11.3 Å². The molecule has 0 aliphatic heterocycles. The van der Waals surface area contributed by atoms with Crippen molar-refractivity contribution in [3.05, 3.63) is 84.2 Å². The van der Waals surface area contributed by atoms with Gasteiger partial charge in [-0.05, 0) is 29.1 Å². The number of fused-ring (bicyclic) bond motifs is 1. The molecule has 0 spiro atoms. The number of nitrogens with one attached hydrogen (secondary N) is 2. The molecule has 2 aromatic heterocycles. The number of benzene rings is 2. The molecule has 0 saturated carbocycles. The van der Waals surface area contributed by atoms with E-state index in [0.717, 1.165) is 22.2 Å². The summed E-state index contributed by atoms with van der Waals surface area (Å²) in [7, 11) is 0. The Kier molecular flexibility index (Phi) is 4.23. The molecule has 2 N–H and O–H groups in total. The second kappa shape index (κ2) is 6.99. The molecule has 0 amide bonds. The summed E-state index contributed by atoms with van der Waals surface area (Å²) < 4.78 is 5.83. The number of pyridine rings is 1. The molecule has 0 saturated heterocycles. The number of aromatic nitrogens is 2. The molecule has 126 valence electrons. The number of ether oxygens (including phenoxy) is 1. The van der Waals surface area contributed by atoms with Gasteiger partial charge >= 0.3 is 0 Å². The molecule has 4 rings (SSSR count). The monoisotopic (exact) mass is 340 g/mol. The number of hydrogen-bond acceptors (Lipinski definition) is 4. The number of nitrogens with zero attached hydrogens (tertiary/aromatic N) is 2. The van der Waals surface area contributed by atoms with Gasteiger partial charge in [-0.15, -0.1) is 0 Å². The van der Waals surface area contributed by atoms with Gasteiger partial charge in [0.15, 0.2) is 0 Å². The van der Waals surface area contributed by atoms with Gasteiger partial charge in [-0.25, -0.2) is 4.98 Å². The molecule has 0 aliphatic carbocycles. The van der Waals surface area contributed by atoms with E-state index in [2.05, 4.69) is 21.4 Å². The number of anilines is 2. The van der Waals surface area contributed by atoms with Crippen LogP contribution >= 0.6 is 0 Å². The number of aromatic amines is 1. The highest BCUT2D eigenvalue weighted by atomic mass is 16.5. The van der Waals surface area contributed by atoms with Crippen LogP contribution in [0.3, 0.4) is 0 Å². The van der Waals surface area contributed by atoms with Crippen LogP contribution in [0.25, 0.3) is 10.9 Å². The minimum absolute atomic E-state index is 0.305. The Hall–Kier alpha value is -3.78. The zero-order valence-electron chi connectivity index (χ0n) is 13.9. The first kappa shape index (κ1) is 15.7. The highest BCUT2D eigenvalue weighted by Gasteiger charge is 2.06. The van der Waals surface area contributed by atoms with Gasteiger partial charge in [0.05, 0.1) is 0 Å². The van der Waals surface area contributed by atoms with Crippen molar-refractivity contribution in [1.29, 1.82) is 5.26 Å². The van der Waals surface area contributed by atoms with Gasteiger partial charge in [-0.1, -0.05) is 36.4 Å². The van der Waals surface area contributed by atoms with Gasteiger partial charge in [-0.3, -0.25) is 0 Å². The molecule has 0 radical (unpaired) electrons. The first-order valence-corrected chi connectivity index (χ1v) is 8.23. The molecule has 0 unspecified atom stereocenters. The van der Waals surface area contributed by atoms with Crippen LogP contribution < -0.4 is 10.1 Å². The van der Waals surface area contributed by atoms with Crippen molar-refractivity contribution in [3.63, 3.8) is 0 Å². The Balaban J connectivity index is 1.56. The second-order valence-corrected chi connectivity index (χ2v) is 5.86. The molecule has 0 fully saturated rings. The van der Waals surface area contributed by atoms with Crippen LogP contribution in [0, 0.1) is 11.3 Å². The molecule has 2 heterocycles. The summed E-state index contributed by atoms with van der Waals surface area (Å²) in [5, 5.41) is 13.6. The van der Waals surface area contributed by atoms with Gasteiger partial charge in [0.25, 0.3) is 0 Å². The lowest BCUT2D eigenvalue weighted by atomic mass is 10.2. The SMILES string of the molecule is N#Cc1cc(OCc2ccccc2)cc(Nc2ccc3cc[nH]c3c2)n1. The Morgan fingerprint density at radius 3 is 2.77 bits per heavy atom. The average Bonchev–Trinajstić information content (AvgIpc) is 3.15. The third kappa shape index (κ3) is 3.50. The summed E-state index contributed by atoms with van der Waals surface area (Å²) >= 11 is 0. The van der Waals surface area contributed by atoms with Crippen molar-refractivity contribution in [2.45, 2.75) is 6.61 Å². The van der Waals surface area contributed by atoms with E-state index in [1.807, 2.05) is 60.8 Å². The molecule has 0 atom stereocenters. The van der Waals surface area contributed by atoms with Crippen LogP contribution in [0.2, 0.25) is 0 Å². The summed E-state index contributed by atoms with van der Waals surface area (Å²) in [6.07, 6.45) is 1.90. The number of rotatable bonds is 5. The fourth-order valence-corrected chi connectivity index (χ4v) is 2.72. The molecule has 0 aliphatic rings. The van der Waals surface area contributed by atoms with Gasteiger partial charge in [0, 0.05) is 29.5 Å². The van der Waals surface area contributed by atoms with E-state index >= 15 is 0 Å². The maximum Gasteiger partial charge on any atom is 0.146 e. The van der Waals surface area contributed by atoms with E-state index in [0.29, 0.717) is 23.9 Å². The zero-order chi connectivity index (χ0) is 17.8. The predicted octanol–water partition coefficient (Wildman–Crippen LogP) is 4.76. The molecule has 5 heteroatoms. The average molecular weight is 340 g/mol. The number of nitriles is 1. The first-order valence-electron chi connectivity index (χ1n) is 8.23. The highest BCUT2D eigenvalue weighted by Crippen LogP contribution is 2.24. The van der Waals surface area contributed by atoms with Crippen LogP contribution in [0.15, 0.2) is 72.9 Å². The van der Waals surface area contributed by atoms with Crippen LogP contribution in [-0.4, -0.2) is 9.97 Å². The molecular formula is C21H16N4O. The maximum atomic E-state index is 9.25. The summed E-state index contributed by atoms with van der Waals surface area (Å²) in [6.45, 7) is 0.434. The lowest BCUT2D eigenvalue weighted by Gasteiger charge is -2.10. The van der Waals surface area contributed by atoms with Crippen molar-refractivity contribution in [2.75, 3.05) is 5.32 Å². The van der Waals surface area contributed by atoms with E-state index in [9.17, 15) is 5.26 Å². The van der Waals surface area contributed by atoms with Crippen molar-refractivity contribution < 1.29 is 4.74 Å². The van der Waals surface area contributed by atoms with E-state index in [-0.39, 0.29) is 0 Å². The van der Waals surface area contributed by atoms with E-state index < -0.39 is 0 Å². The molecule has 2 aromatic carbocycles. The Morgan fingerprint density at radius 1 is 1.04 bits per heavy atom. The fraction of sp³-hybridized carbons (Fsp3) is 0.0476. The Bertz CT molecular complexity index is 1080. The second-order valence-electron chi connectivity index (χ2n) is 5.86. The van der Waals surface area contributed by atoms with Crippen molar-refractivity contribution in [1.82, 2.24) is 9.97 Å². The maximum absolute atomic E-state index is 9.25. The standard InChI is InChI=1S/C21H16N4O/c22-13-18-10-19(26-14-15-4-2-1-3-5-15)12-21(25-18)24-17-7-6-16-8-9-23-20(16)11-17/h1-12,23H,14H2,(H,24,25). The van der Waals surface area contributed by atoms with Gasteiger partial charge < -0.3 is 15.0 Å². The van der Waals surface area contributed by atoms with Crippen molar-refractivity contribution >= 4 is 22.4 Å². The van der Waals surface area contributed by atoms with E-state index in [1.165, 1.54) is 0 Å². The van der Waals surface area contributed by atoms with Gasteiger partial charge in [0.1, 0.15) is 29.9 Å². The van der Waals surface area contributed by atoms with Crippen molar-refractivity contribution in [3.8, 4) is 11.8 Å². The third-order valence-electron chi connectivity index (χ3n) is 3.99. The molecule has 26 heavy (non-hydrogen) atoms. The fourth-order valence-electron chi connectivity index (χ4n) is 2.72. The number of H-pyrrole nitrogens is 1. The molecule has 4 aromatic rings. The smallest absolute Gasteiger partial charge is 0.146 e. The summed E-state index contributed by atoms with van der Waals surface area (Å²) in [5.74, 6) is 1.17.